The molecule has 0 radical (unpaired) electrons. The monoisotopic (exact) mass is 863 g/mol. The summed E-state index contributed by atoms with van der Waals surface area (Å²) in [5.41, 5.74) is 14.2. The summed E-state index contributed by atoms with van der Waals surface area (Å²) in [4.78, 5) is 9.74. The maximum atomic E-state index is 6.78. The van der Waals surface area contributed by atoms with Crippen LogP contribution in [0.2, 0.25) is 0 Å². The molecule has 6 heteroatoms. The molecule has 3 aromatic heterocycles. The summed E-state index contributed by atoms with van der Waals surface area (Å²) in [6.45, 7) is 21.2. The second-order valence-electron chi connectivity index (χ2n) is 21.1. The largest absolute Gasteiger partial charge is 0.457 e. The normalized spacial score (nSPS) is 13.4. The minimum absolute atomic E-state index is 0.00806. The molecule has 4 heterocycles. The van der Waals surface area contributed by atoms with Crippen LogP contribution in [-0.2, 0) is 16.2 Å². The third-order valence-corrected chi connectivity index (χ3v) is 13.5. The lowest BCUT2D eigenvalue weighted by atomic mass is 9.85. The molecular weight excluding hydrogens is 807 g/mol. The van der Waals surface area contributed by atoms with Gasteiger partial charge >= 0.3 is 0 Å². The molecule has 0 aliphatic carbocycles. The summed E-state index contributed by atoms with van der Waals surface area (Å²) in [7, 11) is 0. The Balaban J connectivity index is 0.971. The van der Waals surface area contributed by atoms with Gasteiger partial charge in [0, 0.05) is 45.6 Å². The van der Waals surface area contributed by atoms with Crippen LogP contribution in [0.5, 0.6) is 11.5 Å². The third-order valence-electron chi connectivity index (χ3n) is 13.5. The number of para-hydroxylation sites is 5. The van der Waals surface area contributed by atoms with Crippen LogP contribution in [-0.4, -0.2) is 20.8 Å². The quantitative estimate of drug-likeness (QED) is 0.167. The Labute approximate surface area is 388 Å². The lowest BCUT2D eigenvalue weighted by Gasteiger charge is -2.25. The Hall–Kier alpha value is -7.31. The van der Waals surface area contributed by atoms with Crippen molar-refractivity contribution >= 4 is 66.4 Å². The van der Waals surface area contributed by atoms with E-state index >= 15 is 0 Å². The van der Waals surface area contributed by atoms with Crippen LogP contribution >= 0.6 is 0 Å². The second kappa shape index (κ2) is 15.1. The van der Waals surface area contributed by atoms with E-state index in [2.05, 4.69) is 239 Å². The Kier molecular flexibility index (Phi) is 9.49. The van der Waals surface area contributed by atoms with E-state index < -0.39 is 0 Å². The van der Waals surface area contributed by atoms with E-state index in [1.807, 2.05) is 12.3 Å². The third kappa shape index (κ3) is 6.98. The molecule has 66 heavy (non-hydrogen) atoms. The van der Waals surface area contributed by atoms with Crippen LogP contribution in [0.15, 0.2) is 170 Å². The molecule has 11 rings (SSSR count). The standard InChI is InChI=1S/C60H57N5O/c1-58(2,3)39-25-29-50-47(33-39)48-34-40(59(4,5)6)26-30-51(48)64(50)55-24-15-14-23-54(55)63-38-62(52-21-12-13-22-53(52)63)42-17-16-18-43(36-42)66-44-27-28-46-45-19-10-11-20-49(45)65(56(46)37-44)57-35-41(31-32-61-57)60(7,8)9/h10-37H,38H2,1-9H3. The lowest BCUT2D eigenvalue weighted by molar-refractivity contribution is 0.483. The van der Waals surface area contributed by atoms with Crippen molar-refractivity contribution in [1.82, 2.24) is 14.1 Å². The van der Waals surface area contributed by atoms with Crippen LogP contribution in [0.1, 0.15) is 79.0 Å². The fourth-order valence-corrected chi connectivity index (χ4v) is 9.86. The number of ether oxygens (including phenoxy) is 1. The molecule has 1 aliphatic rings. The van der Waals surface area contributed by atoms with Crippen LogP contribution in [0, 0.1) is 0 Å². The second-order valence-corrected chi connectivity index (χ2v) is 21.1. The van der Waals surface area contributed by atoms with Crippen molar-refractivity contribution in [1.29, 1.82) is 0 Å². The molecule has 0 saturated heterocycles. The number of fused-ring (bicyclic) bond motifs is 7. The number of pyridine rings is 1. The summed E-state index contributed by atoms with van der Waals surface area (Å²) in [5, 5.41) is 4.91. The first-order valence-corrected chi connectivity index (χ1v) is 23.2. The molecule has 328 valence electrons. The molecule has 0 N–H and O–H groups in total. The minimum Gasteiger partial charge on any atom is -0.457 e. The van der Waals surface area contributed by atoms with Crippen LogP contribution in [0.3, 0.4) is 0 Å². The Morgan fingerprint density at radius 2 is 0.924 bits per heavy atom. The van der Waals surface area contributed by atoms with Crippen molar-refractivity contribution in [3.63, 3.8) is 0 Å². The smallest absolute Gasteiger partial charge is 0.137 e. The number of hydrogen-bond donors (Lipinski definition) is 0. The molecule has 10 aromatic rings. The SMILES string of the molecule is CC(C)(C)c1ccnc(-n2c3ccccc3c3ccc(Oc4cccc(N5CN(c6ccccc6-n6c7ccc(C(C)(C)C)cc7c7cc(C(C)(C)C)ccc76)c6ccccc65)c4)cc32)c1. The molecule has 0 unspecified atom stereocenters. The number of benzene rings is 7. The molecule has 0 amide bonds. The molecule has 0 bridgehead atoms. The van der Waals surface area contributed by atoms with E-state index in [-0.39, 0.29) is 16.2 Å². The summed E-state index contributed by atoms with van der Waals surface area (Å²) in [6, 6.07) is 59.5. The fraction of sp³-hybridized carbons (Fsp3) is 0.217. The predicted molar refractivity (Wildman–Crippen MR) is 278 cm³/mol. The Morgan fingerprint density at radius 1 is 0.394 bits per heavy atom. The van der Waals surface area contributed by atoms with Gasteiger partial charge in [-0.1, -0.05) is 123 Å². The summed E-state index contributed by atoms with van der Waals surface area (Å²) in [6.07, 6.45) is 1.92. The van der Waals surface area contributed by atoms with Crippen LogP contribution in [0.25, 0.3) is 55.1 Å². The average molecular weight is 864 g/mol. The minimum atomic E-state index is -0.00806. The Bertz CT molecular complexity index is 3440. The van der Waals surface area contributed by atoms with Gasteiger partial charge in [0.05, 0.1) is 44.8 Å². The van der Waals surface area contributed by atoms with E-state index in [9.17, 15) is 0 Å². The van der Waals surface area contributed by atoms with Crippen molar-refractivity contribution in [2.75, 3.05) is 16.5 Å². The van der Waals surface area contributed by atoms with Crippen molar-refractivity contribution in [2.24, 2.45) is 0 Å². The van der Waals surface area contributed by atoms with E-state index in [4.69, 9.17) is 9.72 Å². The molecule has 1 aliphatic heterocycles. The van der Waals surface area contributed by atoms with Crippen LogP contribution < -0.4 is 14.5 Å². The molecule has 0 fully saturated rings. The highest BCUT2D eigenvalue weighted by Gasteiger charge is 2.31. The highest BCUT2D eigenvalue weighted by Crippen LogP contribution is 2.48. The number of rotatable bonds is 6. The van der Waals surface area contributed by atoms with Gasteiger partial charge in [-0.05, 0) is 124 Å². The van der Waals surface area contributed by atoms with Crippen molar-refractivity contribution < 1.29 is 4.74 Å². The first kappa shape index (κ1) is 41.4. The lowest BCUT2D eigenvalue weighted by Crippen LogP contribution is -2.24. The summed E-state index contributed by atoms with van der Waals surface area (Å²) < 4.78 is 11.5. The molecule has 0 saturated carbocycles. The molecule has 6 nitrogen and oxygen atoms in total. The maximum absolute atomic E-state index is 6.78. The number of anilines is 4. The van der Waals surface area contributed by atoms with Crippen molar-refractivity contribution in [2.45, 2.75) is 78.6 Å². The van der Waals surface area contributed by atoms with Gasteiger partial charge in [-0.25, -0.2) is 4.98 Å². The summed E-state index contributed by atoms with van der Waals surface area (Å²) >= 11 is 0. The van der Waals surface area contributed by atoms with E-state index in [1.54, 1.807) is 0 Å². The zero-order chi connectivity index (χ0) is 45.7. The fourth-order valence-electron chi connectivity index (χ4n) is 9.86. The van der Waals surface area contributed by atoms with Gasteiger partial charge in [0.1, 0.15) is 24.0 Å². The topological polar surface area (TPSA) is 38.5 Å². The van der Waals surface area contributed by atoms with E-state index in [0.717, 1.165) is 62.2 Å². The maximum Gasteiger partial charge on any atom is 0.137 e. The van der Waals surface area contributed by atoms with Gasteiger partial charge in [-0.15, -0.1) is 0 Å². The zero-order valence-corrected chi connectivity index (χ0v) is 39.5. The first-order valence-electron chi connectivity index (χ1n) is 23.2. The first-order chi connectivity index (χ1) is 31.6. The van der Waals surface area contributed by atoms with Gasteiger partial charge in [0.2, 0.25) is 0 Å². The Morgan fingerprint density at radius 3 is 1.58 bits per heavy atom. The van der Waals surface area contributed by atoms with Gasteiger partial charge in [-0.3, -0.25) is 4.57 Å². The average Bonchev–Trinajstić information content (AvgIpc) is 3.96. The molecule has 0 atom stereocenters. The van der Waals surface area contributed by atoms with Gasteiger partial charge in [0.25, 0.3) is 0 Å². The highest BCUT2D eigenvalue weighted by molar-refractivity contribution is 6.11. The summed E-state index contributed by atoms with van der Waals surface area (Å²) in [5.74, 6) is 2.44. The zero-order valence-electron chi connectivity index (χ0n) is 39.5. The van der Waals surface area contributed by atoms with Gasteiger partial charge < -0.3 is 19.1 Å². The number of hydrogen-bond acceptors (Lipinski definition) is 4. The predicted octanol–water partition coefficient (Wildman–Crippen LogP) is 16.2. The molecule has 7 aromatic carbocycles. The number of aromatic nitrogens is 3. The van der Waals surface area contributed by atoms with Gasteiger partial charge in [0.15, 0.2) is 0 Å². The van der Waals surface area contributed by atoms with Crippen molar-refractivity contribution in [3.05, 3.63) is 187 Å². The molecular formula is C60H57N5O. The van der Waals surface area contributed by atoms with Crippen molar-refractivity contribution in [3.8, 4) is 23.0 Å². The van der Waals surface area contributed by atoms with Crippen LogP contribution in [0.4, 0.5) is 22.7 Å². The van der Waals surface area contributed by atoms with Gasteiger partial charge in [-0.2, -0.15) is 0 Å². The van der Waals surface area contributed by atoms with E-state index in [0.29, 0.717) is 6.67 Å². The highest BCUT2D eigenvalue weighted by atomic mass is 16.5. The number of nitrogens with zero attached hydrogens (tertiary/aromatic N) is 5. The van der Waals surface area contributed by atoms with E-state index in [1.165, 1.54) is 43.9 Å². The molecule has 0 spiro atoms.